The molecule has 0 saturated heterocycles. The first-order valence-corrected chi connectivity index (χ1v) is 17.7. The zero-order valence-corrected chi connectivity index (χ0v) is 29.9. The maximum Gasteiger partial charge on any atom is 0.274 e. The van der Waals surface area contributed by atoms with Crippen LogP contribution >= 0.6 is 0 Å². The van der Waals surface area contributed by atoms with E-state index in [2.05, 4.69) is 19.2 Å². The van der Waals surface area contributed by atoms with Crippen molar-refractivity contribution in [3.63, 3.8) is 0 Å². The fourth-order valence-electron chi connectivity index (χ4n) is 6.24. The van der Waals surface area contributed by atoms with Crippen molar-refractivity contribution in [2.45, 2.75) is 72.4 Å². The zero-order valence-electron chi connectivity index (χ0n) is 29.9. The first-order chi connectivity index (χ1) is 24.6. The summed E-state index contributed by atoms with van der Waals surface area (Å²) in [6.07, 6.45) is 4.22. The van der Waals surface area contributed by atoms with E-state index in [1.807, 2.05) is 36.1 Å². The van der Waals surface area contributed by atoms with Gasteiger partial charge in [-0.05, 0) is 92.8 Å². The Kier molecular flexibility index (Phi) is 12.4. The van der Waals surface area contributed by atoms with Crippen molar-refractivity contribution in [3.05, 3.63) is 106 Å². The predicted octanol–water partition coefficient (Wildman–Crippen LogP) is 6.00. The molecule has 0 spiro atoms. The second-order valence-electron chi connectivity index (χ2n) is 13.0. The summed E-state index contributed by atoms with van der Waals surface area (Å²) >= 11 is 0. The number of aliphatic hydroxyl groups excluding tert-OH is 1. The van der Waals surface area contributed by atoms with Gasteiger partial charge in [-0.2, -0.15) is 5.10 Å². The average molecular weight is 694 g/mol. The van der Waals surface area contributed by atoms with Crippen LogP contribution in [0.4, 0.5) is 5.69 Å². The van der Waals surface area contributed by atoms with Crippen molar-refractivity contribution < 1.29 is 29.0 Å². The number of carbonyl (C=O) groups is 4. The van der Waals surface area contributed by atoms with E-state index < -0.39 is 11.9 Å². The Labute approximate surface area is 299 Å². The molecule has 268 valence electrons. The van der Waals surface area contributed by atoms with E-state index >= 15 is 0 Å². The van der Waals surface area contributed by atoms with Gasteiger partial charge in [0.2, 0.25) is 0 Å². The molecule has 1 aromatic heterocycles. The van der Waals surface area contributed by atoms with Crippen LogP contribution < -0.4 is 10.1 Å². The number of amides is 3. The van der Waals surface area contributed by atoms with E-state index in [9.17, 15) is 24.3 Å². The number of ketones is 1. The van der Waals surface area contributed by atoms with Gasteiger partial charge in [-0.25, -0.2) is 4.68 Å². The summed E-state index contributed by atoms with van der Waals surface area (Å²) in [5.74, 6) is -0.573. The summed E-state index contributed by atoms with van der Waals surface area (Å²) in [5, 5.41) is 17.9. The van der Waals surface area contributed by atoms with Crippen LogP contribution in [0.5, 0.6) is 5.75 Å². The number of hydrogen-bond donors (Lipinski definition) is 2. The monoisotopic (exact) mass is 693 g/mol. The van der Waals surface area contributed by atoms with E-state index in [-0.39, 0.29) is 36.4 Å². The highest BCUT2D eigenvalue weighted by molar-refractivity contribution is 6.01. The lowest BCUT2D eigenvalue weighted by Gasteiger charge is -2.36. The molecule has 1 aliphatic heterocycles. The molecule has 5 rings (SSSR count). The molecule has 1 atom stereocenters. The number of benzene rings is 3. The molecule has 51 heavy (non-hydrogen) atoms. The molecular weight excluding hydrogens is 646 g/mol. The number of aliphatic hydroxyl groups is 1. The third-order valence-corrected chi connectivity index (χ3v) is 9.15. The Balaban J connectivity index is 1.46. The summed E-state index contributed by atoms with van der Waals surface area (Å²) in [5.41, 5.74) is 4.65. The number of hydrogen-bond acceptors (Lipinski definition) is 7. The number of nitrogens with zero attached hydrogens (tertiary/aromatic N) is 4. The number of aryl methyl sites for hydroxylation is 1. The summed E-state index contributed by atoms with van der Waals surface area (Å²) in [6.45, 7) is 8.58. The van der Waals surface area contributed by atoms with E-state index in [0.29, 0.717) is 60.1 Å². The quantitative estimate of drug-likeness (QED) is 0.146. The molecule has 2 heterocycles. The lowest BCUT2D eigenvalue weighted by molar-refractivity contribution is -0.118. The van der Waals surface area contributed by atoms with Gasteiger partial charge in [0, 0.05) is 36.6 Å². The van der Waals surface area contributed by atoms with Gasteiger partial charge in [-0.3, -0.25) is 19.2 Å². The van der Waals surface area contributed by atoms with Gasteiger partial charge in [0.1, 0.15) is 5.75 Å². The fourth-order valence-corrected chi connectivity index (χ4v) is 6.24. The maximum atomic E-state index is 14.5. The topological polar surface area (TPSA) is 134 Å². The second kappa shape index (κ2) is 17.1. The van der Waals surface area contributed by atoms with Gasteiger partial charge in [0.15, 0.2) is 18.1 Å². The third-order valence-electron chi connectivity index (χ3n) is 9.15. The van der Waals surface area contributed by atoms with Crippen molar-refractivity contribution in [3.8, 4) is 11.4 Å². The number of ether oxygens (including phenoxy) is 1. The van der Waals surface area contributed by atoms with Crippen molar-refractivity contribution in [2.24, 2.45) is 0 Å². The zero-order chi connectivity index (χ0) is 36.5. The maximum absolute atomic E-state index is 14.5. The first-order valence-electron chi connectivity index (χ1n) is 17.7. The number of anilines is 1. The molecule has 1 aliphatic rings. The molecule has 0 saturated carbocycles. The van der Waals surface area contributed by atoms with Crippen molar-refractivity contribution in [1.29, 1.82) is 0 Å². The standard InChI is InChI=1S/C40H47N5O6/c1-5-7-19-43(20-8-6-2)40(50)36-21-27(3)45(42-36)37-18-15-32(41-38(48)26-51-34-16-13-29(14-17-34)28(4)47)23-35(37)39(49)44-24-31-12-10-9-11-30(31)22-33(44)25-46/h9-18,21,23,33,46H,5-8,19-20,22,24-26H2,1-4H3,(H,41,48)/t33-/m1/s1. The molecule has 0 unspecified atom stereocenters. The van der Waals surface area contributed by atoms with E-state index in [4.69, 9.17) is 9.84 Å². The van der Waals surface area contributed by atoms with Crippen LogP contribution in [0.15, 0.2) is 72.8 Å². The van der Waals surface area contributed by atoms with Crippen LogP contribution in [0.3, 0.4) is 0 Å². The summed E-state index contributed by atoms with van der Waals surface area (Å²) in [4.78, 5) is 56.3. The Morgan fingerprint density at radius 2 is 1.63 bits per heavy atom. The molecule has 2 N–H and O–H groups in total. The number of carbonyl (C=O) groups excluding carboxylic acids is 4. The highest BCUT2D eigenvalue weighted by atomic mass is 16.5. The number of fused-ring (bicyclic) bond motifs is 1. The Bertz CT molecular complexity index is 1860. The molecule has 3 amide bonds. The summed E-state index contributed by atoms with van der Waals surface area (Å²) in [7, 11) is 0. The summed E-state index contributed by atoms with van der Waals surface area (Å²) in [6, 6.07) is 20.7. The van der Waals surface area contributed by atoms with Crippen LogP contribution in [0, 0.1) is 6.92 Å². The van der Waals surface area contributed by atoms with Crippen LogP contribution in [0.1, 0.15) is 94.5 Å². The molecule has 0 fully saturated rings. The molecule has 11 heteroatoms. The van der Waals surface area contributed by atoms with Crippen LogP contribution in [-0.2, 0) is 17.8 Å². The lowest BCUT2D eigenvalue weighted by atomic mass is 9.93. The number of aromatic nitrogens is 2. The minimum Gasteiger partial charge on any atom is -0.484 e. The highest BCUT2D eigenvalue weighted by Gasteiger charge is 2.32. The largest absolute Gasteiger partial charge is 0.484 e. The predicted molar refractivity (Wildman–Crippen MR) is 195 cm³/mol. The smallest absolute Gasteiger partial charge is 0.274 e. The Morgan fingerprint density at radius 1 is 0.941 bits per heavy atom. The molecule has 0 bridgehead atoms. The normalized spacial score (nSPS) is 13.7. The highest BCUT2D eigenvalue weighted by Crippen LogP contribution is 2.29. The summed E-state index contributed by atoms with van der Waals surface area (Å²) < 4.78 is 7.24. The van der Waals surface area contributed by atoms with Gasteiger partial charge in [-0.15, -0.1) is 0 Å². The number of nitrogens with one attached hydrogen (secondary N) is 1. The number of rotatable bonds is 15. The number of Topliss-reactive ketones (excluding diaryl/α,β-unsaturated/α-hetero) is 1. The first kappa shape index (κ1) is 37.0. The van der Waals surface area contributed by atoms with E-state index in [1.54, 1.807) is 58.1 Å². The van der Waals surface area contributed by atoms with Crippen molar-refractivity contribution in [1.82, 2.24) is 19.6 Å². The molecule has 0 radical (unpaired) electrons. The molecule has 4 aromatic rings. The minimum absolute atomic E-state index is 0.0683. The Morgan fingerprint density at radius 3 is 2.27 bits per heavy atom. The minimum atomic E-state index is -0.456. The van der Waals surface area contributed by atoms with Crippen LogP contribution in [0.2, 0.25) is 0 Å². The lowest BCUT2D eigenvalue weighted by Crippen LogP contribution is -2.46. The number of unbranched alkanes of at least 4 members (excludes halogenated alkanes) is 2. The fraction of sp³-hybridized carbons (Fsp3) is 0.375. The van der Waals surface area contributed by atoms with Gasteiger partial charge in [0.05, 0.1) is 23.9 Å². The van der Waals surface area contributed by atoms with Gasteiger partial charge in [0.25, 0.3) is 17.7 Å². The van der Waals surface area contributed by atoms with Crippen molar-refractivity contribution in [2.75, 3.05) is 31.6 Å². The van der Waals surface area contributed by atoms with Gasteiger partial charge < -0.3 is 25.0 Å². The third kappa shape index (κ3) is 8.90. The van der Waals surface area contributed by atoms with E-state index in [1.165, 1.54) is 6.92 Å². The second-order valence-corrected chi connectivity index (χ2v) is 13.0. The van der Waals surface area contributed by atoms with Gasteiger partial charge >= 0.3 is 0 Å². The molecule has 3 aromatic carbocycles. The SMILES string of the molecule is CCCCN(CCCC)C(=O)c1cc(C)n(-c2ccc(NC(=O)COc3ccc(C(C)=O)cc3)cc2C(=O)N2Cc3ccccc3C[C@@H]2CO)n1. The van der Waals surface area contributed by atoms with Crippen molar-refractivity contribution >= 4 is 29.2 Å². The average Bonchev–Trinajstić information content (AvgIpc) is 3.54. The van der Waals surface area contributed by atoms with Crippen LogP contribution in [-0.4, -0.2) is 80.5 Å². The van der Waals surface area contributed by atoms with E-state index in [0.717, 1.165) is 36.8 Å². The van der Waals surface area contributed by atoms with Crippen LogP contribution in [0.25, 0.3) is 5.69 Å². The molecule has 11 nitrogen and oxygen atoms in total. The van der Waals surface area contributed by atoms with Gasteiger partial charge in [-0.1, -0.05) is 51.0 Å². The Hall–Kier alpha value is -5.29. The molecule has 0 aliphatic carbocycles. The molecular formula is C40H47N5O6.